The number of likely N-dealkylation sites (tertiary alicyclic amines) is 1. The van der Waals surface area contributed by atoms with E-state index in [4.69, 9.17) is 11.6 Å². The number of piperidine rings is 1. The number of rotatable bonds is 3. The van der Waals surface area contributed by atoms with Gasteiger partial charge in [-0.3, -0.25) is 4.98 Å². The molecule has 1 aromatic heterocycles. The molecule has 0 amide bonds. The largest absolute Gasteiger partial charge is 0.358 e. The fraction of sp³-hybridized carbons (Fsp3) is 0.667. The van der Waals surface area contributed by atoms with Crippen LogP contribution in [-0.2, 0) is 0 Å². The SMILES string of the molecule is CN1CCC(CN(C)c2cncc(Cl)n2)CC1. The molecule has 0 saturated carbocycles. The summed E-state index contributed by atoms with van der Waals surface area (Å²) >= 11 is 5.84. The normalized spacial score (nSPS) is 18.3. The minimum absolute atomic E-state index is 0.456. The van der Waals surface area contributed by atoms with Gasteiger partial charge in [-0.05, 0) is 38.9 Å². The zero-order valence-corrected chi connectivity index (χ0v) is 11.2. The van der Waals surface area contributed by atoms with Crippen molar-refractivity contribution >= 4 is 17.4 Å². The topological polar surface area (TPSA) is 32.3 Å². The highest BCUT2D eigenvalue weighted by molar-refractivity contribution is 6.29. The molecule has 1 aliphatic rings. The van der Waals surface area contributed by atoms with Gasteiger partial charge in [0.05, 0.1) is 12.4 Å². The summed E-state index contributed by atoms with van der Waals surface area (Å²) in [7, 11) is 4.24. The average Bonchev–Trinajstić information content (AvgIpc) is 2.32. The highest BCUT2D eigenvalue weighted by atomic mass is 35.5. The second-order valence-corrected chi connectivity index (χ2v) is 5.21. The average molecular weight is 255 g/mol. The fourth-order valence-corrected chi connectivity index (χ4v) is 2.38. The maximum atomic E-state index is 5.84. The smallest absolute Gasteiger partial charge is 0.149 e. The highest BCUT2D eigenvalue weighted by Crippen LogP contribution is 2.19. The lowest BCUT2D eigenvalue weighted by molar-refractivity contribution is 0.222. The van der Waals surface area contributed by atoms with E-state index in [9.17, 15) is 0 Å². The molecule has 0 aromatic carbocycles. The predicted octanol–water partition coefficient (Wildman–Crippen LogP) is 1.91. The van der Waals surface area contributed by atoms with E-state index in [2.05, 4.69) is 33.9 Å². The molecule has 0 atom stereocenters. The lowest BCUT2D eigenvalue weighted by atomic mass is 9.97. The van der Waals surface area contributed by atoms with Gasteiger partial charge in [-0.1, -0.05) is 11.6 Å². The molecule has 5 heteroatoms. The summed E-state index contributed by atoms with van der Waals surface area (Å²) in [6.45, 7) is 3.42. The van der Waals surface area contributed by atoms with Crippen LogP contribution in [0.3, 0.4) is 0 Å². The van der Waals surface area contributed by atoms with Crippen molar-refractivity contribution < 1.29 is 0 Å². The first-order valence-electron chi connectivity index (χ1n) is 6.02. The van der Waals surface area contributed by atoms with Crippen LogP contribution in [0.5, 0.6) is 0 Å². The van der Waals surface area contributed by atoms with Crippen LogP contribution in [-0.4, -0.2) is 48.6 Å². The monoisotopic (exact) mass is 254 g/mol. The van der Waals surface area contributed by atoms with E-state index in [0.29, 0.717) is 5.15 Å². The quantitative estimate of drug-likeness (QED) is 0.825. The van der Waals surface area contributed by atoms with Crippen molar-refractivity contribution in [2.24, 2.45) is 5.92 Å². The number of halogens is 1. The van der Waals surface area contributed by atoms with E-state index in [1.165, 1.54) is 25.9 Å². The van der Waals surface area contributed by atoms with E-state index in [-0.39, 0.29) is 0 Å². The van der Waals surface area contributed by atoms with Gasteiger partial charge in [0.2, 0.25) is 0 Å². The van der Waals surface area contributed by atoms with Crippen LogP contribution in [0.4, 0.5) is 5.82 Å². The van der Waals surface area contributed by atoms with Crippen molar-refractivity contribution in [1.29, 1.82) is 0 Å². The van der Waals surface area contributed by atoms with Gasteiger partial charge in [0, 0.05) is 13.6 Å². The Morgan fingerprint density at radius 1 is 1.41 bits per heavy atom. The molecule has 17 heavy (non-hydrogen) atoms. The van der Waals surface area contributed by atoms with Gasteiger partial charge in [0.15, 0.2) is 0 Å². The summed E-state index contributed by atoms with van der Waals surface area (Å²) in [6.07, 6.45) is 5.85. The van der Waals surface area contributed by atoms with Crippen molar-refractivity contribution in [2.45, 2.75) is 12.8 Å². The van der Waals surface area contributed by atoms with Crippen molar-refractivity contribution in [3.05, 3.63) is 17.5 Å². The number of hydrogen-bond donors (Lipinski definition) is 0. The van der Waals surface area contributed by atoms with Gasteiger partial charge in [-0.2, -0.15) is 0 Å². The lowest BCUT2D eigenvalue weighted by Gasteiger charge is -2.31. The Morgan fingerprint density at radius 2 is 2.12 bits per heavy atom. The van der Waals surface area contributed by atoms with Crippen LogP contribution in [0.15, 0.2) is 12.4 Å². The summed E-state index contributed by atoms with van der Waals surface area (Å²) in [5.41, 5.74) is 0. The van der Waals surface area contributed by atoms with Crippen LogP contribution in [0.1, 0.15) is 12.8 Å². The van der Waals surface area contributed by atoms with Gasteiger partial charge in [0.25, 0.3) is 0 Å². The first-order valence-corrected chi connectivity index (χ1v) is 6.40. The summed E-state index contributed by atoms with van der Waals surface area (Å²) in [4.78, 5) is 12.9. The van der Waals surface area contributed by atoms with Gasteiger partial charge in [-0.25, -0.2) is 4.98 Å². The molecule has 4 nitrogen and oxygen atoms in total. The molecule has 0 unspecified atom stereocenters. The molecule has 1 aliphatic heterocycles. The Bertz CT molecular complexity index is 363. The first-order chi connectivity index (χ1) is 8.15. The summed E-state index contributed by atoms with van der Waals surface area (Å²) < 4.78 is 0. The number of hydrogen-bond acceptors (Lipinski definition) is 4. The third-order valence-electron chi connectivity index (χ3n) is 3.35. The highest BCUT2D eigenvalue weighted by Gasteiger charge is 2.18. The Labute approximate surface area is 108 Å². The molecular formula is C12H19ClN4. The number of nitrogens with zero attached hydrogens (tertiary/aromatic N) is 4. The van der Waals surface area contributed by atoms with Crippen LogP contribution in [0, 0.1) is 5.92 Å². The van der Waals surface area contributed by atoms with Gasteiger partial charge in [-0.15, -0.1) is 0 Å². The van der Waals surface area contributed by atoms with Crippen LogP contribution in [0.2, 0.25) is 5.15 Å². The molecule has 0 spiro atoms. The Hall–Kier alpha value is -0.870. The molecule has 0 bridgehead atoms. The maximum absolute atomic E-state index is 5.84. The molecule has 1 aromatic rings. The van der Waals surface area contributed by atoms with E-state index in [1.807, 2.05) is 0 Å². The van der Waals surface area contributed by atoms with Crippen molar-refractivity contribution in [1.82, 2.24) is 14.9 Å². The van der Waals surface area contributed by atoms with Crippen LogP contribution >= 0.6 is 11.6 Å². The van der Waals surface area contributed by atoms with E-state index in [0.717, 1.165) is 18.3 Å². The van der Waals surface area contributed by atoms with Crippen LogP contribution < -0.4 is 4.90 Å². The molecule has 0 radical (unpaired) electrons. The summed E-state index contributed by atoms with van der Waals surface area (Å²) in [6, 6.07) is 0. The Morgan fingerprint density at radius 3 is 2.76 bits per heavy atom. The molecular weight excluding hydrogens is 236 g/mol. The van der Waals surface area contributed by atoms with E-state index in [1.54, 1.807) is 12.4 Å². The van der Waals surface area contributed by atoms with Crippen molar-refractivity contribution in [2.75, 3.05) is 38.6 Å². The Balaban J connectivity index is 1.90. The summed E-state index contributed by atoms with van der Waals surface area (Å²) in [5, 5.41) is 0.456. The Kier molecular flexibility index (Phi) is 4.18. The lowest BCUT2D eigenvalue weighted by Crippen LogP contribution is -2.36. The van der Waals surface area contributed by atoms with Gasteiger partial charge < -0.3 is 9.80 Å². The number of anilines is 1. The van der Waals surface area contributed by atoms with Crippen molar-refractivity contribution in [3.8, 4) is 0 Å². The molecule has 1 saturated heterocycles. The standard InChI is InChI=1S/C12H19ClN4/c1-16-5-3-10(4-6-16)9-17(2)12-8-14-7-11(13)15-12/h7-8,10H,3-6,9H2,1-2H3. The second-order valence-electron chi connectivity index (χ2n) is 4.83. The minimum Gasteiger partial charge on any atom is -0.358 e. The second kappa shape index (κ2) is 5.65. The molecule has 2 rings (SSSR count). The molecule has 0 N–H and O–H groups in total. The third kappa shape index (κ3) is 3.54. The first kappa shape index (κ1) is 12.6. The van der Waals surface area contributed by atoms with E-state index >= 15 is 0 Å². The summed E-state index contributed by atoms with van der Waals surface area (Å²) in [5.74, 6) is 1.61. The minimum atomic E-state index is 0.456. The molecule has 2 heterocycles. The fourth-order valence-electron chi connectivity index (χ4n) is 2.24. The van der Waals surface area contributed by atoms with Crippen LogP contribution in [0.25, 0.3) is 0 Å². The zero-order valence-electron chi connectivity index (χ0n) is 10.4. The van der Waals surface area contributed by atoms with Crippen molar-refractivity contribution in [3.63, 3.8) is 0 Å². The predicted molar refractivity (Wildman–Crippen MR) is 70.5 cm³/mol. The van der Waals surface area contributed by atoms with Gasteiger partial charge in [0.1, 0.15) is 11.0 Å². The maximum Gasteiger partial charge on any atom is 0.149 e. The molecule has 94 valence electrons. The van der Waals surface area contributed by atoms with E-state index < -0.39 is 0 Å². The van der Waals surface area contributed by atoms with Gasteiger partial charge >= 0.3 is 0 Å². The molecule has 1 fully saturated rings. The zero-order chi connectivity index (χ0) is 12.3. The number of aromatic nitrogens is 2. The molecule has 0 aliphatic carbocycles. The third-order valence-corrected chi connectivity index (χ3v) is 3.54.